The summed E-state index contributed by atoms with van der Waals surface area (Å²) in [5.74, 6) is 1.14. The van der Waals surface area contributed by atoms with Crippen molar-refractivity contribution >= 4 is 11.9 Å². The van der Waals surface area contributed by atoms with Gasteiger partial charge in [-0.1, -0.05) is 19.9 Å². The van der Waals surface area contributed by atoms with Crippen molar-refractivity contribution in [1.82, 2.24) is 9.88 Å². The van der Waals surface area contributed by atoms with Gasteiger partial charge in [0.15, 0.2) is 0 Å². The van der Waals surface area contributed by atoms with E-state index >= 15 is 0 Å². The second-order valence-electron chi connectivity index (χ2n) is 6.29. The Bertz CT molecular complexity index is 522. The summed E-state index contributed by atoms with van der Waals surface area (Å²) in [4.78, 5) is 20.6. The van der Waals surface area contributed by atoms with Crippen molar-refractivity contribution in [2.45, 2.75) is 39.8 Å². The Balaban J connectivity index is 2.01. The Morgan fingerprint density at radius 2 is 2.35 bits per heavy atom. The average Bonchev–Trinajstić information content (AvgIpc) is 3.03. The van der Waals surface area contributed by atoms with E-state index in [0.717, 1.165) is 24.3 Å². The van der Waals surface area contributed by atoms with Gasteiger partial charge in [-0.25, -0.2) is 9.78 Å². The molecular formula is C17H27N3O3. The van der Waals surface area contributed by atoms with Crippen molar-refractivity contribution in [3.05, 3.63) is 23.9 Å². The zero-order valence-corrected chi connectivity index (χ0v) is 14.2. The number of rotatable bonds is 6. The Kier molecular flexibility index (Phi) is 6.21. The fraction of sp³-hybridized carbons (Fsp3) is 0.647. The first kappa shape index (κ1) is 17.5. The third-order valence-electron chi connectivity index (χ3n) is 4.06. The van der Waals surface area contributed by atoms with Crippen LogP contribution in [0.4, 0.5) is 10.6 Å². The Labute approximate surface area is 138 Å². The van der Waals surface area contributed by atoms with Crippen molar-refractivity contribution in [2.24, 2.45) is 5.92 Å². The third kappa shape index (κ3) is 4.34. The molecule has 1 atom stereocenters. The summed E-state index contributed by atoms with van der Waals surface area (Å²) >= 11 is 0. The average molecular weight is 321 g/mol. The summed E-state index contributed by atoms with van der Waals surface area (Å²) in [7, 11) is 0. The van der Waals surface area contributed by atoms with Gasteiger partial charge in [0, 0.05) is 31.4 Å². The molecule has 1 amide bonds. The first-order chi connectivity index (χ1) is 11.1. The summed E-state index contributed by atoms with van der Waals surface area (Å²) < 4.78 is 5.37. The number of aliphatic hydroxyl groups is 1. The maximum absolute atomic E-state index is 12.3. The molecule has 1 fully saturated rings. The van der Waals surface area contributed by atoms with Gasteiger partial charge in [0.25, 0.3) is 0 Å². The maximum Gasteiger partial charge on any atom is 0.410 e. The van der Waals surface area contributed by atoms with Crippen LogP contribution in [0.5, 0.6) is 0 Å². The fourth-order valence-electron chi connectivity index (χ4n) is 2.88. The van der Waals surface area contributed by atoms with E-state index in [1.165, 1.54) is 0 Å². The van der Waals surface area contributed by atoms with Crippen LogP contribution in [0.1, 0.15) is 32.8 Å². The number of amides is 1. The first-order valence-electron chi connectivity index (χ1n) is 8.29. The lowest BCUT2D eigenvalue weighted by molar-refractivity contribution is 0.0821. The zero-order chi connectivity index (χ0) is 16.8. The molecule has 6 nitrogen and oxygen atoms in total. The summed E-state index contributed by atoms with van der Waals surface area (Å²) in [6.07, 6.45) is 2.37. The van der Waals surface area contributed by atoms with Gasteiger partial charge in [-0.3, -0.25) is 0 Å². The number of carbonyl (C=O) groups is 1. The number of ether oxygens (including phenoxy) is 1. The van der Waals surface area contributed by atoms with Crippen LogP contribution in [-0.2, 0) is 11.3 Å². The number of anilines is 1. The summed E-state index contributed by atoms with van der Waals surface area (Å²) in [5, 5.41) is 9.46. The van der Waals surface area contributed by atoms with Gasteiger partial charge in [-0.05, 0) is 25.3 Å². The molecule has 1 aromatic heterocycles. The molecule has 1 aliphatic rings. The van der Waals surface area contributed by atoms with Crippen LogP contribution in [0.15, 0.2) is 18.3 Å². The largest absolute Gasteiger partial charge is 0.449 e. The van der Waals surface area contributed by atoms with E-state index in [9.17, 15) is 9.90 Å². The summed E-state index contributed by atoms with van der Waals surface area (Å²) in [5.41, 5.74) is 0.818. The van der Waals surface area contributed by atoms with E-state index in [1.807, 2.05) is 32.9 Å². The zero-order valence-electron chi connectivity index (χ0n) is 14.2. The molecule has 1 aromatic rings. The van der Waals surface area contributed by atoms with Crippen LogP contribution in [0.3, 0.4) is 0 Å². The van der Waals surface area contributed by atoms with Crippen molar-refractivity contribution in [2.75, 3.05) is 31.1 Å². The minimum Gasteiger partial charge on any atom is -0.449 e. The smallest absolute Gasteiger partial charge is 0.410 e. The quantitative estimate of drug-likeness (QED) is 0.870. The molecule has 128 valence electrons. The number of hydrogen-bond donors (Lipinski definition) is 1. The molecular weight excluding hydrogens is 294 g/mol. The molecule has 0 unspecified atom stereocenters. The molecule has 2 rings (SSSR count). The lowest BCUT2D eigenvalue weighted by Crippen LogP contribution is -2.42. The Morgan fingerprint density at radius 1 is 1.57 bits per heavy atom. The van der Waals surface area contributed by atoms with Crippen molar-refractivity contribution in [3.8, 4) is 0 Å². The van der Waals surface area contributed by atoms with Gasteiger partial charge >= 0.3 is 6.09 Å². The highest BCUT2D eigenvalue weighted by atomic mass is 16.6. The third-order valence-corrected chi connectivity index (χ3v) is 4.06. The van der Waals surface area contributed by atoms with Crippen LogP contribution in [-0.4, -0.2) is 53.4 Å². The highest BCUT2D eigenvalue weighted by Crippen LogP contribution is 2.24. The molecule has 0 saturated carbocycles. The highest BCUT2D eigenvalue weighted by molar-refractivity contribution is 5.68. The van der Waals surface area contributed by atoms with E-state index in [1.54, 1.807) is 11.1 Å². The second kappa shape index (κ2) is 8.15. The molecule has 6 heteroatoms. The van der Waals surface area contributed by atoms with Crippen LogP contribution < -0.4 is 4.90 Å². The van der Waals surface area contributed by atoms with E-state index in [2.05, 4.69) is 9.88 Å². The van der Waals surface area contributed by atoms with E-state index in [0.29, 0.717) is 25.6 Å². The topological polar surface area (TPSA) is 65.9 Å². The van der Waals surface area contributed by atoms with Crippen molar-refractivity contribution in [1.29, 1.82) is 0 Å². The first-order valence-corrected chi connectivity index (χ1v) is 8.29. The van der Waals surface area contributed by atoms with E-state index in [-0.39, 0.29) is 18.7 Å². The molecule has 0 bridgehead atoms. The second-order valence-corrected chi connectivity index (χ2v) is 6.29. The predicted octanol–water partition coefficient (Wildman–Crippen LogP) is 2.27. The number of likely N-dealkylation sites (N-methyl/N-ethyl adjacent to an activating group) is 1. The molecule has 1 saturated heterocycles. The van der Waals surface area contributed by atoms with Gasteiger partial charge in [-0.2, -0.15) is 0 Å². The van der Waals surface area contributed by atoms with Crippen LogP contribution >= 0.6 is 0 Å². The Hall–Kier alpha value is -1.82. The molecule has 1 N–H and O–H groups in total. The van der Waals surface area contributed by atoms with Crippen LogP contribution in [0.2, 0.25) is 0 Å². The van der Waals surface area contributed by atoms with E-state index in [4.69, 9.17) is 4.74 Å². The van der Waals surface area contributed by atoms with E-state index < -0.39 is 0 Å². The normalized spacial score (nSPS) is 17.6. The molecule has 0 aliphatic carbocycles. The molecule has 0 aromatic carbocycles. The standard InChI is InChI=1S/C17H27N3O3/c1-4-20(17(22)23-12-13(2)3)15-7-9-19(10-15)16-14(11-21)6-5-8-18-16/h5-6,8,13,15,21H,4,7,9-12H2,1-3H3/t15-/m1/s1. The number of aliphatic hydroxyl groups excluding tert-OH is 1. The number of pyridine rings is 1. The van der Waals surface area contributed by atoms with Gasteiger partial charge in [0.05, 0.1) is 19.3 Å². The lowest BCUT2D eigenvalue weighted by atomic mass is 10.2. The number of nitrogens with zero attached hydrogens (tertiary/aromatic N) is 3. The molecule has 0 spiro atoms. The highest BCUT2D eigenvalue weighted by Gasteiger charge is 2.32. The van der Waals surface area contributed by atoms with Crippen LogP contribution in [0.25, 0.3) is 0 Å². The van der Waals surface area contributed by atoms with Crippen molar-refractivity contribution < 1.29 is 14.6 Å². The molecule has 2 heterocycles. The summed E-state index contributed by atoms with van der Waals surface area (Å²) in [6.45, 7) is 8.61. The molecule has 1 aliphatic heterocycles. The fourth-order valence-corrected chi connectivity index (χ4v) is 2.88. The SMILES string of the molecule is CCN(C(=O)OCC(C)C)[C@@H]1CCN(c2ncccc2CO)C1. The number of carbonyl (C=O) groups excluding carboxylic acids is 1. The maximum atomic E-state index is 12.3. The van der Waals surface area contributed by atoms with Gasteiger partial charge < -0.3 is 19.6 Å². The van der Waals surface area contributed by atoms with Crippen molar-refractivity contribution in [3.63, 3.8) is 0 Å². The van der Waals surface area contributed by atoms with Gasteiger partial charge in [-0.15, -0.1) is 0 Å². The van der Waals surface area contributed by atoms with Gasteiger partial charge in [0.2, 0.25) is 0 Å². The monoisotopic (exact) mass is 321 g/mol. The minimum absolute atomic E-state index is 0.0295. The Morgan fingerprint density at radius 3 is 3.00 bits per heavy atom. The molecule has 0 radical (unpaired) electrons. The number of hydrogen-bond acceptors (Lipinski definition) is 5. The number of aromatic nitrogens is 1. The van der Waals surface area contributed by atoms with Gasteiger partial charge in [0.1, 0.15) is 5.82 Å². The predicted molar refractivity (Wildman–Crippen MR) is 89.3 cm³/mol. The van der Waals surface area contributed by atoms with Crippen LogP contribution in [0, 0.1) is 5.92 Å². The summed E-state index contributed by atoms with van der Waals surface area (Å²) in [6, 6.07) is 3.82. The minimum atomic E-state index is -0.239. The lowest BCUT2D eigenvalue weighted by Gasteiger charge is -2.28. The molecule has 23 heavy (non-hydrogen) atoms.